The van der Waals surface area contributed by atoms with Crippen LogP contribution < -0.4 is 14.9 Å². The normalized spacial score (nSPS) is 17.9. The molecule has 6 heteroatoms. The number of benzene rings is 1. The monoisotopic (exact) mass is 292 g/mol. The lowest BCUT2D eigenvalue weighted by atomic mass is 10.1. The lowest BCUT2D eigenvalue weighted by Gasteiger charge is -2.22. The van der Waals surface area contributed by atoms with Gasteiger partial charge < -0.3 is 10.6 Å². The summed E-state index contributed by atoms with van der Waals surface area (Å²) in [5.74, 6) is 0.985. The molecule has 0 unspecified atom stereocenters. The number of rotatable bonds is 3. The number of anilines is 1. The molecule has 0 aliphatic carbocycles. The van der Waals surface area contributed by atoms with Crippen molar-refractivity contribution in [3.8, 4) is 0 Å². The lowest BCUT2D eigenvalue weighted by Crippen LogP contribution is -2.33. The fourth-order valence-corrected chi connectivity index (χ4v) is 4.35. The summed E-state index contributed by atoms with van der Waals surface area (Å²) in [6, 6.07) is 8.50. The fraction of sp³-hybridized carbons (Fsp3) is 0.429. The van der Waals surface area contributed by atoms with Crippen LogP contribution in [0.15, 0.2) is 29.7 Å². The van der Waals surface area contributed by atoms with Gasteiger partial charge in [0.15, 0.2) is 0 Å². The Morgan fingerprint density at radius 1 is 1.35 bits per heavy atom. The molecule has 2 aliphatic heterocycles. The van der Waals surface area contributed by atoms with Crippen LogP contribution in [-0.2, 0) is 16.4 Å². The smallest absolute Gasteiger partial charge is 0.239 e. The Morgan fingerprint density at radius 3 is 2.80 bits per heavy atom. The van der Waals surface area contributed by atoms with Crippen molar-refractivity contribution < 1.29 is 8.42 Å². The average molecular weight is 292 g/mol. The minimum atomic E-state index is -3.33. The van der Waals surface area contributed by atoms with Gasteiger partial charge in [0.05, 0.1) is 17.1 Å². The van der Waals surface area contributed by atoms with Crippen molar-refractivity contribution in [2.24, 2.45) is 0 Å². The van der Waals surface area contributed by atoms with E-state index in [1.54, 1.807) is 6.07 Å². The third kappa shape index (κ3) is 2.14. The zero-order valence-corrected chi connectivity index (χ0v) is 12.3. The van der Waals surface area contributed by atoms with Crippen molar-refractivity contribution in [1.82, 2.24) is 10.6 Å². The van der Waals surface area contributed by atoms with Crippen molar-refractivity contribution in [3.63, 3.8) is 0 Å². The highest BCUT2D eigenvalue weighted by Gasteiger charge is 2.35. The van der Waals surface area contributed by atoms with Crippen molar-refractivity contribution in [2.45, 2.75) is 19.8 Å². The predicted octanol–water partition coefficient (Wildman–Crippen LogP) is 0.951. The Morgan fingerprint density at radius 2 is 2.10 bits per heavy atom. The number of allylic oxidation sites excluding steroid dienone is 1. The highest BCUT2D eigenvalue weighted by molar-refractivity contribution is 7.93. The van der Waals surface area contributed by atoms with Gasteiger partial charge in [0, 0.05) is 19.5 Å². The molecule has 2 heterocycles. The fourth-order valence-electron chi connectivity index (χ4n) is 2.69. The van der Waals surface area contributed by atoms with Gasteiger partial charge in [0.2, 0.25) is 10.0 Å². The molecule has 0 bridgehead atoms. The first-order valence-corrected chi connectivity index (χ1v) is 8.47. The van der Waals surface area contributed by atoms with E-state index in [9.17, 15) is 8.42 Å². The maximum atomic E-state index is 12.6. The first-order valence-electron chi connectivity index (χ1n) is 6.86. The molecular weight excluding hydrogens is 274 g/mol. The SMILES string of the molecule is CCCS(=O)(=O)N1C(=C2NCCN2)Cc2cc[c]cc21. The van der Waals surface area contributed by atoms with Crippen molar-refractivity contribution >= 4 is 15.7 Å². The molecule has 1 aromatic carbocycles. The van der Waals surface area contributed by atoms with E-state index < -0.39 is 10.0 Å². The minimum Gasteiger partial charge on any atom is -0.369 e. The maximum Gasteiger partial charge on any atom is 0.239 e. The minimum absolute atomic E-state index is 0.151. The number of nitrogens with zero attached hydrogens (tertiary/aromatic N) is 1. The summed E-state index contributed by atoms with van der Waals surface area (Å²) in [5.41, 5.74) is 2.56. The number of hydrogen-bond donors (Lipinski definition) is 2. The molecular formula is C14H18N3O2S. The van der Waals surface area contributed by atoms with Gasteiger partial charge in [-0.3, -0.25) is 0 Å². The van der Waals surface area contributed by atoms with Gasteiger partial charge in [0.1, 0.15) is 5.82 Å². The molecule has 2 N–H and O–H groups in total. The van der Waals surface area contributed by atoms with E-state index in [2.05, 4.69) is 16.7 Å². The lowest BCUT2D eigenvalue weighted by molar-refractivity contribution is 0.593. The second kappa shape index (κ2) is 5.01. The molecule has 1 saturated heterocycles. The van der Waals surface area contributed by atoms with Gasteiger partial charge in [-0.2, -0.15) is 0 Å². The van der Waals surface area contributed by atoms with Gasteiger partial charge in [-0.15, -0.1) is 0 Å². The van der Waals surface area contributed by atoms with Crippen LogP contribution >= 0.6 is 0 Å². The molecule has 1 radical (unpaired) electrons. The standard InChI is InChI=1S/C14H18N3O2S/c1-2-9-20(18,19)17-12-6-4-3-5-11(12)10-13(17)14-15-7-8-16-14/h3,5-6,15-16H,2,7-10H2,1H3. The Balaban J connectivity index is 2.12. The summed E-state index contributed by atoms with van der Waals surface area (Å²) in [4.78, 5) is 0. The second-order valence-electron chi connectivity index (χ2n) is 4.99. The Kier molecular flexibility index (Phi) is 3.33. The van der Waals surface area contributed by atoms with Crippen LogP contribution in [0, 0.1) is 6.07 Å². The summed E-state index contributed by atoms with van der Waals surface area (Å²) >= 11 is 0. The van der Waals surface area contributed by atoms with Crippen LogP contribution in [0.2, 0.25) is 0 Å². The van der Waals surface area contributed by atoms with E-state index in [1.807, 2.05) is 19.1 Å². The van der Waals surface area contributed by atoms with Gasteiger partial charge >= 0.3 is 0 Å². The average Bonchev–Trinajstić information content (AvgIpc) is 3.05. The summed E-state index contributed by atoms with van der Waals surface area (Å²) in [6.45, 7) is 3.52. The molecule has 5 nitrogen and oxygen atoms in total. The van der Waals surface area contributed by atoms with Gasteiger partial charge in [-0.05, 0) is 24.1 Å². The Hall–Kier alpha value is -1.69. The van der Waals surface area contributed by atoms with E-state index in [-0.39, 0.29) is 5.75 Å². The van der Waals surface area contributed by atoms with E-state index in [1.165, 1.54) is 4.31 Å². The molecule has 0 aromatic heterocycles. The molecule has 1 aromatic rings. The summed E-state index contributed by atoms with van der Waals surface area (Å²) in [7, 11) is -3.33. The third-order valence-corrected chi connectivity index (χ3v) is 5.41. The van der Waals surface area contributed by atoms with E-state index in [0.29, 0.717) is 12.8 Å². The highest BCUT2D eigenvalue weighted by Crippen LogP contribution is 2.37. The number of hydrogen-bond acceptors (Lipinski definition) is 4. The van der Waals surface area contributed by atoms with Crippen molar-refractivity contribution in [3.05, 3.63) is 41.3 Å². The van der Waals surface area contributed by atoms with Crippen LogP contribution in [0.3, 0.4) is 0 Å². The molecule has 20 heavy (non-hydrogen) atoms. The summed E-state index contributed by atoms with van der Waals surface area (Å²) < 4.78 is 26.7. The van der Waals surface area contributed by atoms with Crippen LogP contribution in [-0.4, -0.2) is 27.3 Å². The zero-order chi connectivity index (χ0) is 14.2. The van der Waals surface area contributed by atoms with Crippen LogP contribution in [0.5, 0.6) is 0 Å². The maximum absolute atomic E-state index is 12.6. The van der Waals surface area contributed by atoms with E-state index in [0.717, 1.165) is 35.9 Å². The number of nitrogens with one attached hydrogen (secondary N) is 2. The molecule has 3 rings (SSSR count). The molecule has 0 saturated carbocycles. The first-order chi connectivity index (χ1) is 9.63. The van der Waals surface area contributed by atoms with E-state index in [4.69, 9.17) is 0 Å². The molecule has 0 atom stereocenters. The Labute approximate surface area is 119 Å². The molecule has 107 valence electrons. The van der Waals surface area contributed by atoms with Crippen molar-refractivity contribution in [2.75, 3.05) is 23.1 Å². The summed E-state index contributed by atoms with van der Waals surface area (Å²) in [6.07, 6.45) is 1.23. The third-order valence-electron chi connectivity index (χ3n) is 3.51. The largest absolute Gasteiger partial charge is 0.369 e. The van der Waals surface area contributed by atoms with Gasteiger partial charge in [0.25, 0.3) is 0 Å². The van der Waals surface area contributed by atoms with E-state index >= 15 is 0 Å². The molecule has 0 amide bonds. The number of sulfonamides is 1. The number of fused-ring (bicyclic) bond motifs is 1. The molecule has 2 aliphatic rings. The van der Waals surface area contributed by atoms with Crippen LogP contribution in [0.1, 0.15) is 18.9 Å². The van der Waals surface area contributed by atoms with Crippen LogP contribution in [0.25, 0.3) is 0 Å². The summed E-state index contributed by atoms with van der Waals surface area (Å²) in [5, 5.41) is 6.46. The first kappa shape index (κ1) is 13.3. The quantitative estimate of drug-likeness (QED) is 0.871. The topological polar surface area (TPSA) is 61.4 Å². The van der Waals surface area contributed by atoms with Crippen molar-refractivity contribution in [1.29, 1.82) is 0 Å². The highest BCUT2D eigenvalue weighted by atomic mass is 32.2. The molecule has 0 spiro atoms. The van der Waals surface area contributed by atoms with Crippen LogP contribution in [0.4, 0.5) is 5.69 Å². The second-order valence-corrected chi connectivity index (χ2v) is 6.92. The molecule has 1 fully saturated rings. The predicted molar refractivity (Wildman–Crippen MR) is 78.6 cm³/mol. The van der Waals surface area contributed by atoms with Gasteiger partial charge in [-0.25, -0.2) is 12.7 Å². The Bertz CT molecular complexity index is 644. The van der Waals surface area contributed by atoms with Gasteiger partial charge in [-0.1, -0.05) is 19.1 Å². The zero-order valence-electron chi connectivity index (χ0n) is 11.4.